The number of carboxylic acid groups (broad SMARTS) is 1. The third-order valence-electron chi connectivity index (χ3n) is 4.96. The number of aliphatic carboxylic acids is 1. The summed E-state index contributed by atoms with van der Waals surface area (Å²) in [5, 5.41) is 8.72. The Kier molecular flexibility index (Phi) is 9.91. The van der Waals surface area contributed by atoms with Gasteiger partial charge in [-0.05, 0) is 12.8 Å². The summed E-state index contributed by atoms with van der Waals surface area (Å²) in [6.45, 7) is 9.91. The molecule has 2 rings (SSSR count). The van der Waals surface area contributed by atoms with E-state index in [1.54, 1.807) is 0 Å². The van der Waals surface area contributed by atoms with Crippen LogP contribution in [0, 0.1) is 0 Å². The minimum absolute atomic E-state index is 0.134. The number of carbonyl (C=O) groups excluding carboxylic acids is 1. The minimum atomic E-state index is -0.797. The average molecular weight is 371 g/mol. The maximum atomic E-state index is 12.6. The molecule has 1 amide bonds. The number of carboxylic acids is 1. The van der Waals surface area contributed by atoms with E-state index >= 15 is 0 Å². The van der Waals surface area contributed by atoms with E-state index in [1.165, 1.54) is 0 Å². The Balaban J connectivity index is 1.75. The molecular weight excluding hydrogens is 338 g/mol. The molecule has 0 unspecified atom stereocenters. The van der Waals surface area contributed by atoms with Gasteiger partial charge >= 0.3 is 5.97 Å². The number of hydrogen-bond donors (Lipinski definition) is 1. The third-order valence-corrected chi connectivity index (χ3v) is 4.96. The molecule has 150 valence electrons. The van der Waals surface area contributed by atoms with Crippen LogP contribution in [0.2, 0.25) is 0 Å². The van der Waals surface area contributed by atoms with Crippen LogP contribution in [-0.4, -0.2) is 110 Å². The quantitative estimate of drug-likeness (QED) is 0.517. The molecule has 2 aliphatic heterocycles. The molecule has 2 heterocycles. The van der Waals surface area contributed by atoms with Crippen molar-refractivity contribution in [1.82, 2.24) is 14.7 Å². The van der Waals surface area contributed by atoms with E-state index in [0.29, 0.717) is 19.3 Å². The van der Waals surface area contributed by atoms with Gasteiger partial charge in [0.05, 0.1) is 26.4 Å². The normalized spacial score (nSPS) is 19.4. The molecule has 0 bridgehead atoms. The molecule has 8 nitrogen and oxygen atoms in total. The van der Waals surface area contributed by atoms with Gasteiger partial charge in [-0.3, -0.25) is 19.4 Å². The molecule has 0 aromatic heterocycles. The summed E-state index contributed by atoms with van der Waals surface area (Å²) in [4.78, 5) is 29.9. The van der Waals surface area contributed by atoms with E-state index in [9.17, 15) is 9.59 Å². The fourth-order valence-corrected chi connectivity index (χ4v) is 3.25. The highest BCUT2D eigenvalue weighted by molar-refractivity contribution is 5.76. The van der Waals surface area contributed by atoms with Crippen LogP contribution in [0.25, 0.3) is 0 Å². The lowest BCUT2D eigenvalue weighted by atomic mass is 10.2. The highest BCUT2D eigenvalue weighted by Gasteiger charge is 2.18. The Bertz CT molecular complexity index is 401. The second-order valence-corrected chi connectivity index (χ2v) is 6.89. The second kappa shape index (κ2) is 12.2. The first-order valence-electron chi connectivity index (χ1n) is 9.75. The first kappa shape index (κ1) is 21.1. The zero-order valence-corrected chi connectivity index (χ0v) is 15.7. The Morgan fingerprint density at radius 2 is 1.27 bits per heavy atom. The summed E-state index contributed by atoms with van der Waals surface area (Å²) in [6.07, 6.45) is 1.76. The number of hydrogen-bond acceptors (Lipinski definition) is 6. The lowest BCUT2D eigenvalue weighted by Crippen LogP contribution is -2.46. The van der Waals surface area contributed by atoms with Crippen LogP contribution in [0.1, 0.15) is 25.7 Å². The Morgan fingerprint density at radius 1 is 0.808 bits per heavy atom. The summed E-state index contributed by atoms with van der Waals surface area (Å²) in [5.74, 6) is -0.661. The molecule has 2 aliphatic rings. The first-order chi connectivity index (χ1) is 12.6. The summed E-state index contributed by atoms with van der Waals surface area (Å²) >= 11 is 0. The lowest BCUT2D eigenvalue weighted by Gasteiger charge is -2.32. The number of nitrogens with zero attached hydrogens (tertiary/aromatic N) is 3. The van der Waals surface area contributed by atoms with Crippen LogP contribution in [0.3, 0.4) is 0 Å². The van der Waals surface area contributed by atoms with Gasteiger partial charge in [-0.2, -0.15) is 0 Å². The molecule has 0 aromatic rings. The summed E-state index contributed by atoms with van der Waals surface area (Å²) in [5.41, 5.74) is 0. The van der Waals surface area contributed by atoms with Crippen LogP contribution >= 0.6 is 0 Å². The number of rotatable bonds is 11. The van der Waals surface area contributed by atoms with Crippen LogP contribution in [0.4, 0.5) is 0 Å². The van der Waals surface area contributed by atoms with Gasteiger partial charge in [-0.1, -0.05) is 0 Å². The number of carbonyl (C=O) groups is 2. The topological polar surface area (TPSA) is 82.5 Å². The van der Waals surface area contributed by atoms with Crippen LogP contribution in [0.5, 0.6) is 0 Å². The van der Waals surface area contributed by atoms with E-state index in [-0.39, 0.29) is 12.3 Å². The standard InChI is InChI=1S/C18H33N3O5/c22-17(3-1-2-4-18(23)24)21(7-5-19-9-13-25-14-10-19)8-6-20-11-15-26-16-12-20/h1-16H2,(H,23,24). The van der Waals surface area contributed by atoms with Gasteiger partial charge < -0.3 is 19.5 Å². The minimum Gasteiger partial charge on any atom is -0.481 e. The van der Waals surface area contributed by atoms with E-state index < -0.39 is 5.97 Å². The molecule has 0 saturated carbocycles. The molecule has 0 atom stereocenters. The van der Waals surface area contributed by atoms with Gasteiger partial charge in [-0.15, -0.1) is 0 Å². The Labute approximate surface area is 156 Å². The molecule has 2 saturated heterocycles. The van der Waals surface area contributed by atoms with Crippen molar-refractivity contribution in [2.24, 2.45) is 0 Å². The van der Waals surface area contributed by atoms with E-state index in [1.807, 2.05) is 4.90 Å². The number of unbranched alkanes of at least 4 members (excludes halogenated alkanes) is 1. The van der Waals surface area contributed by atoms with Crippen molar-refractivity contribution in [1.29, 1.82) is 0 Å². The van der Waals surface area contributed by atoms with Crippen LogP contribution in [0.15, 0.2) is 0 Å². The molecule has 0 aromatic carbocycles. The second-order valence-electron chi connectivity index (χ2n) is 6.89. The molecule has 8 heteroatoms. The third kappa shape index (κ3) is 8.44. The van der Waals surface area contributed by atoms with Crippen molar-refractivity contribution in [2.75, 3.05) is 78.8 Å². The summed E-state index contributed by atoms with van der Waals surface area (Å²) < 4.78 is 10.8. The molecule has 1 N–H and O–H groups in total. The maximum absolute atomic E-state index is 12.6. The van der Waals surface area contributed by atoms with Crippen molar-refractivity contribution >= 4 is 11.9 Å². The predicted molar refractivity (Wildman–Crippen MR) is 97.2 cm³/mol. The van der Waals surface area contributed by atoms with Gasteiger partial charge in [0.25, 0.3) is 0 Å². The van der Waals surface area contributed by atoms with Crippen molar-refractivity contribution in [2.45, 2.75) is 25.7 Å². The van der Waals surface area contributed by atoms with Crippen molar-refractivity contribution in [3.8, 4) is 0 Å². The van der Waals surface area contributed by atoms with Gasteiger partial charge in [0, 0.05) is 65.2 Å². The van der Waals surface area contributed by atoms with Crippen molar-refractivity contribution in [3.05, 3.63) is 0 Å². The highest BCUT2D eigenvalue weighted by Crippen LogP contribution is 2.06. The van der Waals surface area contributed by atoms with Crippen LogP contribution < -0.4 is 0 Å². The molecular formula is C18H33N3O5. The average Bonchev–Trinajstić information content (AvgIpc) is 2.66. The van der Waals surface area contributed by atoms with Gasteiger partial charge in [0.15, 0.2) is 0 Å². The highest BCUT2D eigenvalue weighted by atomic mass is 16.5. The van der Waals surface area contributed by atoms with Gasteiger partial charge in [0.2, 0.25) is 5.91 Å². The molecule has 26 heavy (non-hydrogen) atoms. The summed E-state index contributed by atoms with van der Waals surface area (Å²) in [6, 6.07) is 0. The zero-order chi connectivity index (χ0) is 18.6. The lowest BCUT2D eigenvalue weighted by molar-refractivity contribution is -0.137. The fourth-order valence-electron chi connectivity index (χ4n) is 3.25. The number of morpholine rings is 2. The Morgan fingerprint density at radius 3 is 1.73 bits per heavy atom. The molecule has 0 aliphatic carbocycles. The molecule has 2 fully saturated rings. The van der Waals surface area contributed by atoms with Crippen LogP contribution in [-0.2, 0) is 19.1 Å². The molecule has 0 spiro atoms. The monoisotopic (exact) mass is 371 g/mol. The van der Waals surface area contributed by atoms with E-state index in [0.717, 1.165) is 78.8 Å². The smallest absolute Gasteiger partial charge is 0.303 e. The zero-order valence-electron chi connectivity index (χ0n) is 15.7. The Hall–Kier alpha value is -1.22. The largest absolute Gasteiger partial charge is 0.481 e. The molecule has 0 radical (unpaired) electrons. The predicted octanol–water partition coefficient (Wildman–Crippen LogP) is 0.124. The SMILES string of the molecule is O=C(O)CCCCC(=O)N(CCN1CCOCC1)CCN1CCOCC1. The van der Waals surface area contributed by atoms with E-state index in [2.05, 4.69) is 9.80 Å². The number of ether oxygens (including phenoxy) is 2. The van der Waals surface area contributed by atoms with Gasteiger partial charge in [-0.25, -0.2) is 0 Å². The number of amides is 1. The van der Waals surface area contributed by atoms with Crippen molar-refractivity contribution in [3.63, 3.8) is 0 Å². The van der Waals surface area contributed by atoms with Gasteiger partial charge in [0.1, 0.15) is 0 Å². The van der Waals surface area contributed by atoms with Crippen molar-refractivity contribution < 1.29 is 24.2 Å². The summed E-state index contributed by atoms with van der Waals surface area (Å²) in [7, 11) is 0. The van der Waals surface area contributed by atoms with E-state index in [4.69, 9.17) is 14.6 Å². The maximum Gasteiger partial charge on any atom is 0.303 e. The first-order valence-corrected chi connectivity index (χ1v) is 9.75. The fraction of sp³-hybridized carbons (Fsp3) is 0.889.